The molecule has 0 radical (unpaired) electrons. The second kappa shape index (κ2) is 10.3. The van der Waals surface area contributed by atoms with E-state index in [1.54, 1.807) is 19.9 Å². The molecule has 1 aliphatic rings. The molecule has 0 spiro atoms. The maximum absolute atomic E-state index is 12.7. The van der Waals surface area contributed by atoms with Gasteiger partial charge in [0, 0.05) is 43.9 Å². The molecule has 32 heavy (non-hydrogen) atoms. The highest BCUT2D eigenvalue weighted by atomic mass is 32.2. The lowest BCUT2D eigenvalue weighted by Crippen LogP contribution is -2.35. The lowest BCUT2D eigenvalue weighted by molar-refractivity contribution is 0.0724. The first-order chi connectivity index (χ1) is 15.2. The number of sulfonamides is 1. The number of nitrogens with one attached hydrogen (secondary N) is 1. The zero-order chi connectivity index (χ0) is 23.3. The minimum Gasteiger partial charge on any atom is -0.348 e. The summed E-state index contributed by atoms with van der Waals surface area (Å²) in [7, 11) is -2.06. The minimum absolute atomic E-state index is 0.0287. The summed E-state index contributed by atoms with van der Waals surface area (Å²) in [6.07, 6.45) is 3.24. The second-order valence-corrected chi connectivity index (χ2v) is 10.4. The molecule has 0 unspecified atom stereocenters. The highest BCUT2D eigenvalue weighted by Gasteiger charge is 2.23. The fourth-order valence-electron chi connectivity index (χ4n) is 3.60. The molecule has 1 fully saturated rings. The number of nitrogens with zero attached hydrogens (tertiary/aromatic N) is 2. The molecule has 1 saturated heterocycles. The molecule has 7 nitrogen and oxygen atoms in total. The molecule has 172 valence electrons. The summed E-state index contributed by atoms with van der Waals surface area (Å²) in [5.41, 5.74) is 1.83. The number of rotatable bonds is 7. The average molecular weight is 458 g/mol. The van der Waals surface area contributed by atoms with Gasteiger partial charge in [-0.3, -0.25) is 9.59 Å². The van der Waals surface area contributed by atoms with Crippen LogP contribution in [0, 0.1) is 0 Å². The Hall–Kier alpha value is -2.71. The van der Waals surface area contributed by atoms with Crippen LogP contribution in [0.3, 0.4) is 0 Å². The van der Waals surface area contributed by atoms with Crippen molar-refractivity contribution in [3.05, 3.63) is 65.2 Å². The Labute approximate surface area is 190 Å². The highest BCUT2D eigenvalue weighted by Crippen LogP contribution is 2.18. The first-order valence-electron chi connectivity index (χ1n) is 10.9. The van der Waals surface area contributed by atoms with Crippen molar-refractivity contribution < 1.29 is 18.0 Å². The molecule has 0 saturated carbocycles. The van der Waals surface area contributed by atoms with E-state index in [1.165, 1.54) is 35.6 Å². The van der Waals surface area contributed by atoms with Crippen molar-refractivity contribution in [1.29, 1.82) is 0 Å². The van der Waals surface area contributed by atoms with Crippen molar-refractivity contribution >= 4 is 21.8 Å². The lowest BCUT2D eigenvalue weighted by Gasteiger charge is -2.26. The number of likely N-dealkylation sites (tertiary alicyclic amines) is 1. The van der Waals surface area contributed by atoms with Crippen molar-refractivity contribution in [3.8, 4) is 0 Å². The third kappa shape index (κ3) is 5.55. The van der Waals surface area contributed by atoms with Crippen LogP contribution in [-0.4, -0.2) is 55.6 Å². The molecular formula is C24H31N3O4S. The second-order valence-electron chi connectivity index (χ2n) is 8.38. The van der Waals surface area contributed by atoms with Gasteiger partial charge in [0.25, 0.3) is 11.8 Å². The zero-order valence-electron chi connectivity index (χ0n) is 18.9. The van der Waals surface area contributed by atoms with Crippen LogP contribution in [0.4, 0.5) is 0 Å². The van der Waals surface area contributed by atoms with Gasteiger partial charge in [0.05, 0.1) is 4.90 Å². The van der Waals surface area contributed by atoms with Crippen LogP contribution >= 0.6 is 0 Å². The molecule has 2 amide bonds. The zero-order valence-corrected chi connectivity index (χ0v) is 19.7. The first kappa shape index (κ1) is 23.9. The number of carbonyl (C=O) groups is 2. The van der Waals surface area contributed by atoms with Gasteiger partial charge < -0.3 is 10.2 Å². The van der Waals surface area contributed by atoms with Gasteiger partial charge in [-0.1, -0.05) is 12.1 Å². The van der Waals surface area contributed by atoms with Crippen LogP contribution in [0.15, 0.2) is 53.4 Å². The third-order valence-corrected chi connectivity index (χ3v) is 7.84. The molecule has 2 aromatic rings. The number of amides is 2. The number of benzene rings is 2. The number of piperidine rings is 1. The Morgan fingerprint density at radius 3 is 2.28 bits per heavy atom. The average Bonchev–Trinajstić information content (AvgIpc) is 2.82. The van der Waals surface area contributed by atoms with Crippen molar-refractivity contribution in [2.24, 2.45) is 0 Å². The minimum atomic E-state index is -3.59. The molecule has 3 rings (SSSR count). The smallest absolute Gasteiger partial charge is 0.253 e. The molecule has 1 N–H and O–H groups in total. The van der Waals surface area contributed by atoms with Crippen molar-refractivity contribution in [3.63, 3.8) is 0 Å². The first-order valence-corrected chi connectivity index (χ1v) is 12.4. The van der Waals surface area contributed by atoms with E-state index in [-0.39, 0.29) is 29.3 Å². The SMILES string of the molecule is CC(C)N(C)S(=O)(=O)c1ccc(C(=O)NCc2cccc(C(=O)N3CCCCC3)c2)cc1. The van der Waals surface area contributed by atoms with Crippen LogP contribution in [0.2, 0.25) is 0 Å². The summed E-state index contributed by atoms with van der Waals surface area (Å²) in [6, 6.07) is 13.0. The van der Waals surface area contributed by atoms with E-state index in [0.717, 1.165) is 37.9 Å². The van der Waals surface area contributed by atoms with Gasteiger partial charge in [0.2, 0.25) is 10.0 Å². The predicted molar refractivity (Wildman–Crippen MR) is 124 cm³/mol. The summed E-state index contributed by atoms with van der Waals surface area (Å²) in [6.45, 7) is 5.45. The third-order valence-electron chi connectivity index (χ3n) is 5.79. The van der Waals surface area contributed by atoms with Gasteiger partial charge in [-0.25, -0.2) is 8.42 Å². The highest BCUT2D eigenvalue weighted by molar-refractivity contribution is 7.89. The van der Waals surface area contributed by atoms with E-state index in [4.69, 9.17) is 0 Å². The van der Waals surface area contributed by atoms with E-state index < -0.39 is 10.0 Å². The fourth-order valence-corrected chi connectivity index (χ4v) is 4.97. The molecule has 1 heterocycles. The lowest BCUT2D eigenvalue weighted by atomic mass is 10.1. The van der Waals surface area contributed by atoms with Crippen molar-refractivity contribution in [2.45, 2.75) is 50.6 Å². The van der Waals surface area contributed by atoms with Gasteiger partial charge in [-0.05, 0) is 75.1 Å². The number of hydrogen-bond donors (Lipinski definition) is 1. The molecule has 8 heteroatoms. The standard InChI is InChI=1S/C24H31N3O4S/c1-18(2)26(3)32(30,31)22-12-10-20(11-13-22)23(28)25-17-19-8-7-9-21(16-19)24(29)27-14-5-4-6-15-27/h7-13,16,18H,4-6,14-15,17H2,1-3H3,(H,25,28). The summed E-state index contributed by atoms with van der Waals surface area (Å²) >= 11 is 0. The van der Waals surface area contributed by atoms with Crippen LogP contribution in [-0.2, 0) is 16.6 Å². The molecule has 0 atom stereocenters. The molecule has 0 aromatic heterocycles. The maximum atomic E-state index is 12.7. The van der Waals surface area contributed by atoms with Crippen LogP contribution in [0.1, 0.15) is 59.4 Å². The van der Waals surface area contributed by atoms with Crippen LogP contribution < -0.4 is 5.32 Å². The maximum Gasteiger partial charge on any atom is 0.253 e. The molecule has 0 aliphatic carbocycles. The Morgan fingerprint density at radius 2 is 1.66 bits per heavy atom. The molecule has 0 bridgehead atoms. The summed E-state index contributed by atoms with van der Waals surface area (Å²) in [4.78, 5) is 27.3. The van der Waals surface area contributed by atoms with Gasteiger partial charge in [-0.15, -0.1) is 0 Å². The van der Waals surface area contributed by atoms with Crippen LogP contribution in [0.5, 0.6) is 0 Å². The largest absolute Gasteiger partial charge is 0.348 e. The Balaban J connectivity index is 1.63. The van der Waals surface area contributed by atoms with Crippen LogP contribution in [0.25, 0.3) is 0 Å². The van der Waals surface area contributed by atoms with E-state index in [1.807, 2.05) is 23.1 Å². The molecule has 2 aromatic carbocycles. The van der Waals surface area contributed by atoms with E-state index in [2.05, 4.69) is 5.32 Å². The van der Waals surface area contributed by atoms with Gasteiger partial charge >= 0.3 is 0 Å². The monoisotopic (exact) mass is 457 g/mol. The summed E-state index contributed by atoms with van der Waals surface area (Å²) in [5.74, 6) is -0.278. The molecule has 1 aliphatic heterocycles. The van der Waals surface area contributed by atoms with Crippen molar-refractivity contribution in [1.82, 2.24) is 14.5 Å². The van der Waals surface area contributed by atoms with E-state index in [0.29, 0.717) is 11.1 Å². The van der Waals surface area contributed by atoms with Gasteiger partial charge in [0.1, 0.15) is 0 Å². The summed E-state index contributed by atoms with van der Waals surface area (Å²) in [5, 5.41) is 2.84. The van der Waals surface area contributed by atoms with Crippen molar-refractivity contribution in [2.75, 3.05) is 20.1 Å². The topological polar surface area (TPSA) is 86.8 Å². The molecular weight excluding hydrogens is 426 g/mol. The van der Waals surface area contributed by atoms with Gasteiger partial charge in [-0.2, -0.15) is 4.31 Å². The van der Waals surface area contributed by atoms with E-state index >= 15 is 0 Å². The Kier molecular flexibility index (Phi) is 7.69. The number of hydrogen-bond acceptors (Lipinski definition) is 4. The summed E-state index contributed by atoms with van der Waals surface area (Å²) < 4.78 is 26.4. The predicted octanol–water partition coefficient (Wildman–Crippen LogP) is 3.27. The normalized spacial score (nSPS) is 14.6. The van der Waals surface area contributed by atoms with Gasteiger partial charge in [0.15, 0.2) is 0 Å². The Morgan fingerprint density at radius 1 is 1.00 bits per heavy atom. The Bertz CT molecular complexity index is 1060. The van der Waals surface area contributed by atoms with E-state index in [9.17, 15) is 18.0 Å². The fraction of sp³-hybridized carbons (Fsp3) is 0.417. The quantitative estimate of drug-likeness (QED) is 0.691. The number of carbonyl (C=O) groups excluding carboxylic acids is 2.